The van der Waals surface area contributed by atoms with Gasteiger partial charge in [0.1, 0.15) is 0 Å². The lowest BCUT2D eigenvalue weighted by molar-refractivity contribution is 0.113. The summed E-state index contributed by atoms with van der Waals surface area (Å²) in [6, 6.07) is 11.3. The van der Waals surface area contributed by atoms with Crippen LogP contribution in [0, 0.1) is 29.4 Å². The lowest BCUT2D eigenvalue weighted by atomic mass is 9.63. The van der Waals surface area contributed by atoms with E-state index in [4.69, 9.17) is 4.74 Å². The number of ether oxygens (including phenoxy) is 1. The third-order valence-corrected chi connectivity index (χ3v) is 7.73. The number of halogens is 2. The van der Waals surface area contributed by atoms with Gasteiger partial charge in [0.2, 0.25) is 5.82 Å². The zero-order chi connectivity index (χ0) is 21.8. The molecule has 3 heteroatoms. The predicted octanol–water partition coefficient (Wildman–Crippen LogP) is 8.52. The van der Waals surface area contributed by atoms with E-state index in [2.05, 4.69) is 19.1 Å². The van der Waals surface area contributed by atoms with Crippen LogP contribution in [0.3, 0.4) is 0 Å². The van der Waals surface area contributed by atoms with Crippen LogP contribution in [0.15, 0.2) is 36.4 Å². The van der Waals surface area contributed by atoms with Gasteiger partial charge in [0, 0.05) is 5.56 Å². The summed E-state index contributed by atoms with van der Waals surface area (Å²) in [5.41, 5.74) is 2.36. The van der Waals surface area contributed by atoms with Crippen LogP contribution < -0.4 is 4.74 Å². The highest BCUT2D eigenvalue weighted by molar-refractivity contribution is 5.65. The highest BCUT2D eigenvalue weighted by Crippen LogP contribution is 2.48. The van der Waals surface area contributed by atoms with Gasteiger partial charge in [-0.05, 0) is 86.0 Å². The van der Waals surface area contributed by atoms with Crippen LogP contribution in [0.1, 0.15) is 83.1 Å². The summed E-state index contributed by atoms with van der Waals surface area (Å²) in [7, 11) is 0. The molecule has 0 heterocycles. The number of fused-ring (bicyclic) bond motifs is 1. The van der Waals surface area contributed by atoms with E-state index < -0.39 is 11.6 Å². The van der Waals surface area contributed by atoms with E-state index in [1.54, 1.807) is 13.0 Å². The molecule has 2 aliphatic rings. The zero-order valence-electron chi connectivity index (χ0n) is 19.0. The molecule has 1 unspecified atom stereocenters. The first-order chi connectivity index (χ1) is 15.1. The Labute approximate surface area is 186 Å². The van der Waals surface area contributed by atoms with Gasteiger partial charge in [0.25, 0.3) is 0 Å². The van der Waals surface area contributed by atoms with Crippen molar-refractivity contribution in [1.29, 1.82) is 0 Å². The molecule has 0 amide bonds. The first kappa shape index (κ1) is 22.3. The molecule has 2 aliphatic carbocycles. The molecule has 2 saturated carbocycles. The second-order valence-corrected chi connectivity index (χ2v) is 9.65. The largest absolute Gasteiger partial charge is 0.491 e. The minimum absolute atomic E-state index is 0.0263. The smallest absolute Gasteiger partial charge is 0.201 e. The molecule has 0 bridgehead atoms. The molecule has 0 saturated heterocycles. The molecule has 2 fully saturated rings. The Bertz CT molecular complexity index is 860. The Balaban J connectivity index is 1.41. The monoisotopic (exact) mass is 426 g/mol. The highest BCUT2D eigenvalue weighted by atomic mass is 19.2. The standard InChI is InChI=1S/C28H36F2O/c1-3-5-6-19-7-8-24-18-23(14-13-22(24)17-19)20-9-11-21(12-10-20)25-15-16-26(31-4-2)28(30)27(25)29/h9-12,15-16,19,22-24H,3-8,13-14,17-18H2,1-2H3/t19?,22-,23-,24-/m1/s1. The van der Waals surface area contributed by atoms with Crippen molar-refractivity contribution in [3.05, 3.63) is 53.6 Å². The third kappa shape index (κ3) is 4.96. The van der Waals surface area contributed by atoms with E-state index in [0.29, 0.717) is 23.7 Å². The zero-order valence-corrected chi connectivity index (χ0v) is 19.0. The molecule has 0 aliphatic heterocycles. The molecular weight excluding hydrogens is 390 g/mol. The number of benzene rings is 2. The predicted molar refractivity (Wildman–Crippen MR) is 123 cm³/mol. The second-order valence-electron chi connectivity index (χ2n) is 9.65. The molecule has 0 spiro atoms. The van der Waals surface area contributed by atoms with E-state index >= 15 is 0 Å². The van der Waals surface area contributed by atoms with Crippen LogP contribution in [-0.2, 0) is 0 Å². The van der Waals surface area contributed by atoms with Gasteiger partial charge in [0.15, 0.2) is 11.6 Å². The van der Waals surface area contributed by atoms with E-state index in [0.717, 1.165) is 17.8 Å². The lowest BCUT2D eigenvalue weighted by Crippen LogP contribution is -2.30. The first-order valence-electron chi connectivity index (χ1n) is 12.3. The summed E-state index contributed by atoms with van der Waals surface area (Å²) in [4.78, 5) is 0. The molecule has 31 heavy (non-hydrogen) atoms. The second kappa shape index (κ2) is 10.1. The first-order valence-corrected chi connectivity index (χ1v) is 12.3. The number of hydrogen-bond donors (Lipinski definition) is 0. The maximum Gasteiger partial charge on any atom is 0.201 e. The molecular formula is C28H36F2O. The summed E-state index contributed by atoms with van der Waals surface area (Å²) in [5.74, 6) is 1.59. The average Bonchev–Trinajstić information content (AvgIpc) is 2.81. The van der Waals surface area contributed by atoms with Crippen LogP contribution in [0.4, 0.5) is 8.78 Å². The molecule has 1 nitrogen and oxygen atoms in total. The van der Waals surface area contributed by atoms with Gasteiger partial charge < -0.3 is 4.74 Å². The molecule has 0 N–H and O–H groups in total. The lowest BCUT2D eigenvalue weighted by Gasteiger charge is -2.42. The van der Waals surface area contributed by atoms with Crippen molar-refractivity contribution in [1.82, 2.24) is 0 Å². The van der Waals surface area contributed by atoms with Gasteiger partial charge in [-0.2, -0.15) is 4.39 Å². The van der Waals surface area contributed by atoms with Crippen molar-refractivity contribution in [2.75, 3.05) is 6.61 Å². The Hall–Kier alpha value is -1.90. The summed E-state index contributed by atoms with van der Waals surface area (Å²) in [6.07, 6.45) is 12.3. The molecule has 2 aromatic rings. The van der Waals surface area contributed by atoms with Crippen molar-refractivity contribution in [3.63, 3.8) is 0 Å². The Morgan fingerprint density at radius 2 is 1.58 bits per heavy atom. The van der Waals surface area contributed by atoms with E-state index in [1.807, 2.05) is 12.1 Å². The van der Waals surface area contributed by atoms with Crippen molar-refractivity contribution >= 4 is 0 Å². The van der Waals surface area contributed by atoms with Crippen LogP contribution in [0.25, 0.3) is 11.1 Å². The van der Waals surface area contributed by atoms with Crippen LogP contribution in [-0.4, -0.2) is 6.61 Å². The summed E-state index contributed by atoms with van der Waals surface area (Å²) in [6.45, 7) is 4.37. The fourth-order valence-corrected chi connectivity index (χ4v) is 6.00. The van der Waals surface area contributed by atoms with Crippen molar-refractivity contribution in [2.45, 2.75) is 77.6 Å². The van der Waals surface area contributed by atoms with Gasteiger partial charge in [-0.3, -0.25) is 0 Å². The molecule has 168 valence electrons. The fraction of sp³-hybridized carbons (Fsp3) is 0.571. The maximum absolute atomic E-state index is 14.6. The highest BCUT2D eigenvalue weighted by Gasteiger charge is 2.35. The SMILES string of the molecule is CCCCC1CC[C@@H]2C[C@H](c3ccc(-c4ccc(OCC)c(F)c4F)cc3)CC[C@@H]2C1. The van der Waals surface area contributed by atoms with E-state index in [-0.39, 0.29) is 5.75 Å². The van der Waals surface area contributed by atoms with E-state index in [9.17, 15) is 8.78 Å². The Morgan fingerprint density at radius 3 is 2.32 bits per heavy atom. The number of rotatable bonds is 7. The minimum atomic E-state index is -0.906. The maximum atomic E-state index is 14.6. The van der Waals surface area contributed by atoms with Gasteiger partial charge in [-0.15, -0.1) is 0 Å². The van der Waals surface area contributed by atoms with E-state index in [1.165, 1.54) is 69.4 Å². The summed E-state index contributed by atoms with van der Waals surface area (Å²) in [5, 5.41) is 0. The van der Waals surface area contributed by atoms with Gasteiger partial charge in [-0.25, -0.2) is 4.39 Å². The molecule has 2 aromatic carbocycles. The quantitative estimate of drug-likeness (QED) is 0.431. The number of hydrogen-bond acceptors (Lipinski definition) is 1. The summed E-state index contributed by atoms with van der Waals surface area (Å²) < 4.78 is 34.0. The van der Waals surface area contributed by atoms with Crippen LogP contribution in [0.5, 0.6) is 5.75 Å². The summed E-state index contributed by atoms with van der Waals surface area (Å²) >= 11 is 0. The average molecular weight is 427 g/mol. The third-order valence-electron chi connectivity index (χ3n) is 7.73. The minimum Gasteiger partial charge on any atom is -0.491 e. The number of unbranched alkanes of at least 4 members (excludes halogenated alkanes) is 1. The van der Waals surface area contributed by atoms with Crippen molar-refractivity contribution in [3.8, 4) is 16.9 Å². The molecule has 0 aromatic heterocycles. The van der Waals surface area contributed by atoms with Crippen molar-refractivity contribution < 1.29 is 13.5 Å². The Morgan fingerprint density at radius 1 is 0.839 bits per heavy atom. The fourth-order valence-electron chi connectivity index (χ4n) is 6.00. The van der Waals surface area contributed by atoms with Crippen molar-refractivity contribution in [2.24, 2.45) is 17.8 Å². The van der Waals surface area contributed by atoms with Gasteiger partial charge in [-0.1, -0.05) is 56.9 Å². The van der Waals surface area contributed by atoms with Gasteiger partial charge >= 0.3 is 0 Å². The van der Waals surface area contributed by atoms with Gasteiger partial charge in [0.05, 0.1) is 6.61 Å². The molecule has 0 radical (unpaired) electrons. The molecule has 4 rings (SSSR count). The van der Waals surface area contributed by atoms with Crippen LogP contribution in [0.2, 0.25) is 0 Å². The normalized spacial score (nSPS) is 25.8. The van der Waals surface area contributed by atoms with Crippen LogP contribution >= 0.6 is 0 Å². The molecule has 4 atom stereocenters. The topological polar surface area (TPSA) is 9.23 Å². The Kier molecular flexibility index (Phi) is 7.30.